The maximum atomic E-state index is 11.5. The summed E-state index contributed by atoms with van der Waals surface area (Å²) < 4.78 is 0. The van der Waals surface area contributed by atoms with E-state index in [2.05, 4.69) is 15.5 Å². The zero-order valence-corrected chi connectivity index (χ0v) is 13.0. The zero-order valence-electron chi connectivity index (χ0n) is 12.1. The maximum Gasteiger partial charge on any atom is 0.239 e. The van der Waals surface area contributed by atoms with E-state index in [0.29, 0.717) is 0 Å². The summed E-state index contributed by atoms with van der Waals surface area (Å²) in [5.41, 5.74) is 1.95. The molecule has 1 fully saturated rings. The van der Waals surface area contributed by atoms with E-state index in [9.17, 15) is 14.7 Å². The molecule has 8 heteroatoms. The lowest BCUT2D eigenvalue weighted by Gasteiger charge is -2.11. The normalized spacial score (nSPS) is 19.6. The third-order valence-electron chi connectivity index (χ3n) is 2.89. The van der Waals surface area contributed by atoms with Crippen molar-refractivity contribution in [2.24, 2.45) is 10.2 Å². The number of nitrogens with one attached hydrogen (secondary N) is 1. The fourth-order valence-corrected chi connectivity index (χ4v) is 2.65. The van der Waals surface area contributed by atoms with E-state index in [0.717, 1.165) is 23.0 Å². The number of carbonyl (C=O) groups is 2. The number of benzene rings is 1. The molecule has 1 aliphatic heterocycles. The van der Waals surface area contributed by atoms with E-state index in [1.807, 2.05) is 43.3 Å². The molecule has 1 N–H and O–H groups in total. The van der Waals surface area contributed by atoms with Gasteiger partial charge in [-0.05, 0) is 17.7 Å². The summed E-state index contributed by atoms with van der Waals surface area (Å²) in [5, 5.41) is 20.3. The first-order valence-electron chi connectivity index (χ1n) is 6.51. The number of anilines is 1. The smallest absolute Gasteiger partial charge is 0.239 e. The molecule has 1 amide bonds. The van der Waals surface area contributed by atoms with Gasteiger partial charge in [0.25, 0.3) is 0 Å². The molecule has 1 aromatic carbocycles. The summed E-state index contributed by atoms with van der Waals surface area (Å²) in [6, 6.07) is 7.71. The molecule has 0 unspecified atom stereocenters. The van der Waals surface area contributed by atoms with Gasteiger partial charge >= 0.3 is 0 Å². The Morgan fingerprint density at radius 1 is 1.41 bits per heavy atom. The number of thioether (sulfide) groups is 1. The number of amides is 1. The van der Waals surface area contributed by atoms with E-state index >= 15 is 0 Å². The van der Waals surface area contributed by atoms with Crippen LogP contribution in [-0.2, 0) is 9.59 Å². The van der Waals surface area contributed by atoms with Crippen LogP contribution in [0.15, 0.2) is 34.5 Å². The lowest BCUT2D eigenvalue weighted by Crippen LogP contribution is -2.31. The van der Waals surface area contributed by atoms with Gasteiger partial charge < -0.3 is 20.1 Å². The number of carbonyl (C=O) groups excluding carboxylic acids is 2. The van der Waals surface area contributed by atoms with Crippen molar-refractivity contribution in [3.63, 3.8) is 0 Å². The standard InChI is InChI=1S/C14H16N4O3S/c1-18(2)10-5-3-9(4-6-10)8-15-17-14-16-13(21)11(22-14)7-12(19)20/h3-6,8,11H,7H2,1-2H3,(H,19,20)(H,16,17,21)/p-1/b15-8-/t11-/m1/s1. The Kier molecular flexibility index (Phi) is 5.16. The van der Waals surface area contributed by atoms with E-state index in [1.54, 1.807) is 6.21 Å². The van der Waals surface area contributed by atoms with Crippen LogP contribution in [0.3, 0.4) is 0 Å². The maximum absolute atomic E-state index is 11.5. The van der Waals surface area contributed by atoms with Gasteiger partial charge in [0.05, 0.1) is 11.5 Å². The number of nitrogens with zero attached hydrogens (tertiary/aromatic N) is 3. The van der Waals surface area contributed by atoms with Crippen LogP contribution in [0.5, 0.6) is 0 Å². The molecule has 0 aliphatic carbocycles. The molecule has 1 saturated heterocycles. The Balaban J connectivity index is 1.96. The number of carboxylic acid groups (broad SMARTS) is 1. The highest BCUT2D eigenvalue weighted by Gasteiger charge is 2.30. The van der Waals surface area contributed by atoms with Crippen molar-refractivity contribution in [2.75, 3.05) is 19.0 Å². The number of hydrogen-bond acceptors (Lipinski definition) is 7. The minimum atomic E-state index is -1.27. The number of aliphatic carboxylic acids is 1. The zero-order chi connectivity index (χ0) is 16.1. The van der Waals surface area contributed by atoms with Gasteiger partial charge in [-0.1, -0.05) is 23.9 Å². The van der Waals surface area contributed by atoms with E-state index < -0.39 is 17.1 Å². The SMILES string of the molecule is CN(C)c1ccc(/C=N\N=C2\NC(=O)[C@@H](CC(=O)[O-])S2)cc1. The average molecular weight is 319 g/mol. The second-order valence-corrected chi connectivity index (χ2v) is 6.00. The quantitative estimate of drug-likeness (QED) is 0.599. The fraction of sp³-hybridized carbons (Fsp3) is 0.286. The minimum absolute atomic E-state index is 0.289. The molecule has 0 aromatic heterocycles. The van der Waals surface area contributed by atoms with Crippen molar-refractivity contribution in [1.29, 1.82) is 0 Å². The molecule has 2 rings (SSSR count). The van der Waals surface area contributed by atoms with Gasteiger partial charge in [-0.3, -0.25) is 4.79 Å². The molecule has 0 bridgehead atoms. The predicted molar refractivity (Wildman–Crippen MR) is 84.9 cm³/mol. The Bertz CT molecular complexity index is 625. The number of rotatable bonds is 5. The first kappa shape index (κ1) is 16.0. The van der Waals surface area contributed by atoms with Gasteiger partial charge in [-0.2, -0.15) is 5.10 Å². The van der Waals surface area contributed by atoms with E-state index in [4.69, 9.17) is 0 Å². The Labute approximate surface area is 132 Å². The van der Waals surface area contributed by atoms with Crippen LogP contribution in [0.4, 0.5) is 5.69 Å². The van der Waals surface area contributed by atoms with Gasteiger partial charge in [0.15, 0.2) is 5.17 Å². The molecular formula is C14H15N4O3S-. The first-order chi connectivity index (χ1) is 10.5. The predicted octanol–water partition coefficient (Wildman–Crippen LogP) is -0.186. The largest absolute Gasteiger partial charge is 0.550 e. The highest BCUT2D eigenvalue weighted by atomic mass is 32.2. The molecule has 0 spiro atoms. The summed E-state index contributed by atoms with van der Waals surface area (Å²) in [6.07, 6.45) is 1.22. The van der Waals surface area contributed by atoms with Crippen LogP contribution in [-0.4, -0.2) is 42.6 Å². The van der Waals surface area contributed by atoms with Crippen LogP contribution in [0.2, 0.25) is 0 Å². The van der Waals surface area contributed by atoms with Crippen molar-refractivity contribution in [1.82, 2.24) is 5.32 Å². The van der Waals surface area contributed by atoms with Crippen molar-refractivity contribution < 1.29 is 14.7 Å². The second-order valence-electron chi connectivity index (χ2n) is 4.81. The molecule has 1 aromatic rings. The summed E-state index contributed by atoms with van der Waals surface area (Å²) in [5.74, 6) is -1.66. The summed E-state index contributed by atoms with van der Waals surface area (Å²) >= 11 is 1.04. The van der Waals surface area contributed by atoms with Crippen LogP contribution in [0.25, 0.3) is 0 Å². The monoisotopic (exact) mass is 319 g/mol. The molecule has 1 aliphatic rings. The third-order valence-corrected chi connectivity index (χ3v) is 3.97. The van der Waals surface area contributed by atoms with Crippen LogP contribution < -0.4 is 15.3 Å². The molecule has 116 valence electrons. The summed E-state index contributed by atoms with van der Waals surface area (Å²) in [6.45, 7) is 0. The van der Waals surface area contributed by atoms with Gasteiger partial charge in [0.2, 0.25) is 5.91 Å². The van der Waals surface area contributed by atoms with Crippen LogP contribution in [0.1, 0.15) is 12.0 Å². The molecule has 22 heavy (non-hydrogen) atoms. The van der Waals surface area contributed by atoms with Crippen LogP contribution >= 0.6 is 11.8 Å². The third kappa shape index (κ3) is 4.32. The van der Waals surface area contributed by atoms with E-state index in [1.165, 1.54) is 0 Å². The highest BCUT2D eigenvalue weighted by Crippen LogP contribution is 2.21. The van der Waals surface area contributed by atoms with Crippen molar-refractivity contribution >= 4 is 40.7 Å². The lowest BCUT2D eigenvalue weighted by molar-refractivity contribution is -0.305. The Morgan fingerprint density at radius 3 is 2.68 bits per heavy atom. The Morgan fingerprint density at radius 2 is 2.09 bits per heavy atom. The first-order valence-corrected chi connectivity index (χ1v) is 7.39. The van der Waals surface area contributed by atoms with Crippen molar-refractivity contribution in [2.45, 2.75) is 11.7 Å². The summed E-state index contributed by atoms with van der Waals surface area (Å²) in [7, 11) is 3.91. The van der Waals surface area contributed by atoms with Crippen molar-refractivity contribution in [3.8, 4) is 0 Å². The van der Waals surface area contributed by atoms with Gasteiger partial charge in [-0.15, -0.1) is 5.10 Å². The van der Waals surface area contributed by atoms with Crippen molar-refractivity contribution in [3.05, 3.63) is 29.8 Å². The topological polar surface area (TPSA) is 97.2 Å². The highest BCUT2D eigenvalue weighted by molar-refractivity contribution is 8.15. The van der Waals surface area contributed by atoms with Gasteiger partial charge in [-0.25, -0.2) is 0 Å². The molecule has 7 nitrogen and oxygen atoms in total. The van der Waals surface area contributed by atoms with Crippen LogP contribution in [0, 0.1) is 0 Å². The lowest BCUT2D eigenvalue weighted by atomic mass is 10.2. The second kappa shape index (κ2) is 7.08. The fourth-order valence-electron chi connectivity index (χ4n) is 1.74. The molecule has 0 radical (unpaired) electrons. The Hall–Kier alpha value is -2.35. The minimum Gasteiger partial charge on any atom is -0.550 e. The molecule has 1 heterocycles. The molecule has 0 saturated carbocycles. The molecular weight excluding hydrogens is 304 g/mol. The molecule has 1 atom stereocenters. The van der Waals surface area contributed by atoms with Gasteiger partial charge in [0, 0.05) is 32.2 Å². The average Bonchev–Trinajstić information content (AvgIpc) is 2.79. The summed E-state index contributed by atoms with van der Waals surface area (Å²) in [4.78, 5) is 24.0. The van der Waals surface area contributed by atoms with Gasteiger partial charge in [0.1, 0.15) is 0 Å². The number of hydrogen-bond donors (Lipinski definition) is 1. The number of carboxylic acids is 1. The number of amidine groups is 1. The van der Waals surface area contributed by atoms with E-state index in [-0.39, 0.29) is 11.6 Å².